The Bertz CT molecular complexity index is 408. The van der Waals surface area contributed by atoms with Gasteiger partial charge in [0.1, 0.15) is 11.9 Å². The lowest BCUT2D eigenvalue weighted by atomic mass is 10.00. The number of benzene rings is 1. The molecule has 1 aliphatic rings. The summed E-state index contributed by atoms with van der Waals surface area (Å²) in [6.45, 7) is 7.79. The van der Waals surface area contributed by atoms with E-state index in [2.05, 4.69) is 50.4 Å². The second kappa shape index (κ2) is 7.94. The summed E-state index contributed by atoms with van der Waals surface area (Å²) in [5.41, 5.74) is 0. The van der Waals surface area contributed by atoms with E-state index in [4.69, 9.17) is 4.74 Å². The van der Waals surface area contributed by atoms with Gasteiger partial charge in [0.2, 0.25) is 0 Å². The van der Waals surface area contributed by atoms with Crippen molar-refractivity contribution in [1.82, 2.24) is 5.32 Å². The Labute approximate surface area is 127 Å². The van der Waals surface area contributed by atoms with Crippen LogP contribution >= 0.6 is 11.8 Å². The Kier molecular flexibility index (Phi) is 6.24. The molecule has 2 atom stereocenters. The van der Waals surface area contributed by atoms with Crippen molar-refractivity contribution in [2.24, 2.45) is 5.92 Å². The van der Waals surface area contributed by atoms with Crippen LogP contribution in [0.2, 0.25) is 0 Å². The first-order valence-electron chi connectivity index (χ1n) is 7.82. The van der Waals surface area contributed by atoms with E-state index in [1.165, 1.54) is 24.2 Å². The fourth-order valence-electron chi connectivity index (χ4n) is 2.66. The van der Waals surface area contributed by atoms with E-state index in [9.17, 15) is 0 Å². The molecule has 0 aromatic heterocycles. The zero-order valence-corrected chi connectivity index (χ0v) is 13.7. The van der Waals surface area contributed by atoms with Crippen molar-refractivity contribution in [2.75, 3.05) is 12.3 Å². The molecular weight excluding hydrogens is 266 g/mol. The van der Waals surface area contributed by atoms with Crippen LogP contribution in [0.15, 0.2) is 29.2 Å². The molecule has 0 saturated carbocycles. The Hall–Kier alpha value is -0.670. The SMILES string of the molecule is CCNC(CCCC(C)C)C1CSc2ccccc2O1. The Morgan fingerprint density at radius 3 is 2.85 bits per heavy atom. The van der Waals surface area contributed by atoms with E-state index in [1.54, 1.807) is 0 Å². The minimum absolute atomic E-state index is 0.294. The fraction of sp³-hybridized carbons (Fsp3) is 0.647. The van der Waals surface area contributed by atoms with Gasteiger partial charge in [0.15, 0.2) is 0 Å². The van der Waals surface area contributed by atoms with Gasteiger partial charge in [-0.3, -0.25) is 0 Å². The van der Waals surface area contributed by atoms with E-state index in [0.717, 1.165) is 24.0 Å². The van der Waals surface area contributed by atoms with Crippen molar-refractivity contribution in [3.05, 3.63) is 24.3 Å². The average Bonchev–Trinajstić information content (AvgIpc) is 2.45. The van der Waals surface area contributed by atoms with Crippen LogP contribution in [0.3, 0.4) is 0 Å². The zero-order valence-electron chi connectivity index (χ0n) is 12.9. The first-order chi connectivity index (χ1) is 9.70. The highest BCUT2D eigenvalue weighted by Crippen LogP contribution is 2.36. The fourth-order valence-corrected chi connectivity index (χ4v) is 3.74. The molecule has 0 bridgehead atoms. The highest BCUT2D eigenvalue weighted by atomic mass is 32.2. The lowest BCUT2D eigenvalue weighted by molar-refractivity contribution is 0.159. The number of thioether (sulfide) groups is 1. The van der Waals surface area contributed by atoms with Gasteiger partial charge in [-0.25, -0.2) is 0 Å². The topological polar surface area (TPSA) is 21.3 Å². The number of nitrogens with one attached hydrogen (secondary N) is 1. The van der Waals surface area contributed by atoms with Crippen molar-refractivity contribution in [1.29, 1.82) is 0 Å². The van der Waals surface area contributed by atoms with Gasteiger partial charge < -0.3 is 10.1 Å². The number of hydrogen-bond acceptors (Lipinski definition) is 3. The Balaban J connectivity index is 1.93. The molecule has 1 aromatic rings. The largest absolute Gasteiger partial charge is 0.487 e. The van der Waals surface area contributed by atoms with Gasteiger partial charge in [-0.05, 0) is 31.0 Å². The second-order valence-electron chi connectivity index (χ2n) is 5.90. The molecular formula is C17H27NOS. The van der Waals surface area contributed by atoms with Crippen LogP contribution < -0.4 is 10.1 Å². The van der Waals surface area contributed by atoms with Crippen LogP contribution in [0.1, 0.15) is 40.0 Å². The number of rotatable bonds is 7. The van der Waals surface area contributed by atoms with Crippen molar-refractivity contribution in [3.8, 4) is 5.75 Å². The summed E-state index contributed by atoms with van der Waals surface area (Å²) < 4.78 is 6.22. The molecule has 112 valence electrons. The molecule has 2 rings (SSSR count). The van der Waals surface area contributed by atoms with Crippen molar-refractivity contribution in [2.45, 2.75) is 57.1 Å². The molecule has 0 spiro atoms. The van der Waals surface area contributed by atoms with Crippen molar-refractivity contribution < 1.29 is 4.74 Å². The number of ether oxygens (including phenoxy) is 1. The van der Waals surface area contributed by atoms with Gasteiger partial charge in [-0.2, -0.15) is 0 Å². The van der Waals surface area contributed by atoms with Crippen molar-refractivity contribution >= 4 is 11.8 Å². The molecule has 0 radical (unpaired) electrons. The van der Waals surface area contributed by atoms with E-state index in [0.29, 0.717) is 12.1 Å². The van der Waals surface area contributed by atoms with Gasteiger partial charge >= 0.3 is 0 Å². The van der Waals surface area contributed by atoms with Gasteiger partial charge in [-0.1, -0.05) is 45.7 Å². The predicted octanol–water partition coefficient (Wildman–Crippen LogP) is 4.34. The number of hydrogen-bond donors (Lipinski definition) is 1. The molecule has 1 aromatic carbocycles. The first-order valence-corrected chi connectivity index (χ1v) is 8.81. The third-order valence-electron chi connectivity index (χ3n) is 3.74. The monoisotopic (exact) mass is 293 g/mol. The maximum Gasteiger partial charge on any atom is 0.133 e. The highest BCUT2D eigenvalue weighted by Gasteiger charge is 2.27. The maximum absolute atomic E-state index is 6.22. The third kappa shape index (κ3) is 4.42. The summed E-state index contributed by atoms with van der Waals surface area (Å²) in [6.07, 6.45) is 4.08. The summed E-state index contributed by atoms with van der Waals surface area (Å²) in [4.78, 5) is 1.28. The van der Waals surface area contributed by atoms with E-state index in [1.807, 2.05) is 11.8 Å². The normalized spacial score (nSPS) is 19.5. The van der Waals surface area contributed by atoms with E-state index in [-0.39, 0.29) is 0 Å². The number of para-hydroxylation sites is 1. The molecule has 0 aliphatic carbocycles. The van der Waals surface area contributed by atoms with Crippen LogP contribution in [0.5, 0.6) is 5.75 Å². The molecule has 0 fully saturated rings. The van der Waals surface area contributed by atoms with Crippen LogP contribution in [-0.2, 0) is 0 Å². The maximum atomic E-state index is 6.22. The zero-order chi connectivity index (χ0) is 14.4. The second-order valence-corrected chi connectivity index (χ2v) is 6.96. The van der Waals surface area contributed by atoms with Crippen molar-refractivity contribution in [3.63, 3.8) is 0 Å². The van der Waals surface area contributed by atoms with E-state index < -0.39 is 0 Å². The quantitative estimate of drug-likeness (QED) is 0.808. The molecule has 0 saturated heterocycles. The van der Waals surface area contributed by atoms with Gasteiger partial charge in [0, 0.05) is 16.7 Å². The molecule has 1 aliphatic heterocycles. The summed E-state index contributed by atoms with van der Waals surface area (Å²) >= 11 is 1.93. The number of fused-ring (bicyclic) bond motifs is 1. The number of likely N-dealkylation sites (N-methyl/N-ethyl adjacent to an activating group) is 1. The Morgan fingerprint density at radius 2 is 2.10 bits per heavy atom. The smallest absolute Gasteiger partial charge is 0.133 e. The van der Waals surface area contributed by atoms with E-state index >= 15 is 0 Å². The lowest BCUT2D eigenvalue weighted by Crippen LogP contribution is -2.45. The van der Waals surface area contributed by atoms with Gasteiger partial charge in [-0.15, -0.1) is 11.8 Å². The lowest BCUT2D eigenvalue weighted by Gasteiger charge is -2.32. The Morgan fingerprint density at radius 1 is 1.30 bits per heavy atom. The third-order valence-corrected chi connectivity index (χ3v) is 4.89. The van der Waals surface area contributed by atoms with Crippen LogP contribution in [0, 0.1) is 5.92 Å². The molecule has 20 heavy (non-hydrogen) atoms. The minimum atomic E-state index is 0.294. The van der Waals surface area contributed by atoms with Gasteiger partial charge in [0.05, 0.1) is 0 Å². The standard InChI is InChI=1S/C17H27NOS/c1-4-18-14(9-7-8-13(2)3)16-12-20-17-11-6-5-10-15(17)19-16/h5-6,10-11,13-14,16,18H,4,7-9,12H2,1-3H3. The molecule has 2 nitrogen and oxygen atoms in total. The first kappa shape index (κ1) is 15.7. The van der Waals surface area contributed by atoms with Crippen LogP contribution in [-0.4, -0.2) is 24.4 Å². The summed E-state index contributed by atoms with van der Waals surface area (Å²) in [6, 6.07) is 8.85. The summed E-state index contributed by atoms with van der Waals surface area (Å²) in [5.74, 6) is 2.90. The molecule has 2 unspecified atom stereocenters. The van der Waals surface area contributed by atoms with Crippen LogP contribution in [0.25, 0.3) is 0 Å². The molecule has 1 heterocycles. The minimum Gasteiger partial charge on any atom is -0.487 e. The summed E-state index contributed by atoms with van der Waals surface area (Å²) in [5, 5.41) is 3.62. The molecule has 1 N–H and O–H groups in total. The average molecular weight is 293 g/mol. The van der Waals surface area contributed by atoms with Gasteiger partial charge in [0.25, 0.3) is 0 Å². The molecule has 3 heteroatoms. The molecule has 0 amide bonds. The van der Waals surface area contributed by atoms with Crippen LogP contribution in [0.4, 0.5) is 0 Å². The predicted molar refractivity (Wildman–Crippen MR) is 87.7 cm³/mol. The highest BCUT2D eigenvalue weighted by molar-refractivity contribution is 7.99. The summed E-state index contributed by atoms with van der Waals surface area (Å²) in [7, 11) is 0.